The van der Waals surface area contributed by atoms with Gasteiger partial charge in [0.05, 0.1) is 12.3 Å². The lowest BCUT2D eigenvalue weighted by Gasteiger charge is -2.09. The molecule has 0 heterocycles. The second-order valence-corrected chi connectivity index (χ2v) is 7.11. The Balaban J connectivity index is 2.47. The lowest BCUT2D eigenvalue weighted by molar-refractivity contribution is -0.120. The monoisotopic (exact) mass is 313 g/mol. The van der Waals surface area contributed by atoms with E-state index in [0.717, 1.165) is 5.56 Å². The summed E-state index contributed by atoms with van der Waals surface area (Å²) in [5.41, 5.74) is 7.08. The van der Waals surface area contributed by atoms with E-state index in [2.05, 4.69) is 10.0 Å². The number of amides is 1. The number of hydrogen-bond donors (Lipinski definition) is 3. The van der Waals surface area contributed by atoms with Gasteiger partial charge in [0.2, 0.25) is 15.9 Å². The highest BCUT2D eigenvalue weighted by Gasteiger charge is 2.13. The molecule has 0 aliphatic heterocycles. The quantitative estimate of drug-likeness (QED) is 0.644. The molecule has 0 bridgehead atoms. The summed E-state index contributed by atoms with van der Waals surface area (Å²) in [6.45, 7) is 4.64. The molecule has 0 saturated heterocycles. The molecule has 1 amide bonds. The van der Waals surface area contributed by atoms with Gasteiger partial charge < -0.3 is 11.1 Å². The van der Waals surface area contributed by atoms with Crippen molar-refractivity contribution in [1.29, 1.82) is 0 Å². The van der Waals surface area contributed by atoms with Crippen molar-refractivity contribution in [1.82, 2.24) is 10.0 Å². The fourth-order valence-corrected chi connectivity index (χ4v) is 2.68. The first-order valence-corrected chi connectivity index (χ1v) is 8.49. The van der Waals surface area contributed by atoms with Crippen molar-refractivity contribution in [2.75, 3.05) is 13.1 Å². The van der Waals surface area contributed by atoms with Crippen molar-refractivity contribution in [3.63, 3.8) is 0 Å². The SMILES string of the molecule is CC(C)CNC(=O)CNS(=O)(=O)Cc1ccc(CN)cc1. The van der Waals surface area contributed by atoms with Crippen molar-refractivity contribution in [3.05, 3.63) is 35.4 Å². The summed E-state index contributed by atoms with van der Waals surface area (Å²) in [6.07, 6.45) is 0. The van der Waals surface area contributed by atoms with Crippen LogP contribution in [0.5, 0.6) is 0 Å². The number of carbonyl (C=O) groups is 1. The Morgan fingerprint density at radius 2 is 1.76 bits per heavy atom. The molecule has 1 rings (SSSR count). The summed E-state index contributed by atoms with van der Waals surface area (Å²) in [6, 6.07) is 7.03. The van der Waals surface area contributed by atoms with E-state index in [0.29, 0.717) is 24.6 Å². The Labute approximate surface area is 126 Å². The van der Waals surface area contributed by atoms with Crippen LogP contribution in [0.15, 0.2) is 24.3 Å². The summed E-state index contributed by atoms with van der Waals surface area (Å²) in [5.74, 6) is -0.160. The van der Waals surface area contributed by atoms with Gasteiger partial charge in [-0.05, 0) is 17.0 Å². The van der Waals surface area contributed by atoms with Crippen molar-refractivity contribution in [3.8, 4) is 0 Å². The van der Waals surface area contributed by atoms with E-state index in [1.54, 1.807) is 24.3 Å². The Hall–Kier alpha value is -1.44. The van der Waals surface area contributed by atoms with Gasteiger partial charge in [-0.3, -0.25) is 4.79 Å². The zero-order chi connectivity index (χ0) is 15.9. The van der Waals surface area contributed by atoms with Crippen LogP contribution in [0.4, 0.5) is 0 Å². The highest BCUT2D eigenvalue weighted by molar-refractivity contribution is 7.88. The topological polar surface area (TPSA) is 101 Å². The van der Waals surface area contributed by atoms with Gasteiger partial charge in [-0.25, -0.2) is 13.1 Å². The molecule has 0 unspecified atom stereocenters. The van der Waals surface area contributed by atoms with Gasteiger partial charge in [0.15, 0.2) is 0 Å². The van der Waals surface area contributed by atoms with Gasteiger partial charge in [0, 0.05) is 13.1 Å². The van der Waals surface area contributed by atoms with E-state index in [1.807, 2.05) is 13.8 Å². The Morgan fingerprint density at radius 1 is 1.19 bits per heavy atom. The average Bonchev–Trinajstić information content (AvgIpc) is 2.43. The van der Waals surface area contributed by atoms with Crippen LogP contribution in [0.3, 0.4) is 0 Å². The molecule has 0 aliphatic rings. The second-order valence-electron chi connectivity index (χ2n) is 5.30. The van der Waals surface area contributed by atoms with Gasteiger partial charge in [0.1, 0.15) is 0 Å². The maximum atomic E-state index is 11.9. The van der Waals surface area contributed by atoms with Gasteiger partial charge in [0.25, 0.3) is 0 Å². The summed E-state index contributed by atoms with van der Waals surface area (Å²) in [7, 11) is -3.53. The molecule has 7 heteroatoms. The fourth-order valence-electron chi connectivity index (χ4n) is 1.60. The van der Waals surface area contributed by atoms with E-state index in [-0.39, 0.29) is 18.2 Å². The first-order chi connectivity index (χ1) is 9.82. The molecule has 1 aromatic rings. The van der Waals surface area contributed by atoms with Crippen molar-refractivity contribution in [2.24, 2.45) is 11.7 Å². The number of hydrogen-bond acceptors (Lipinski definition) is 4. The third-order valence-electron chi connectivity index (χ3n) is 2.78. The van der Waals surface area contributed by atoms with E-state index < -0.39 is 10.0 Å². The van der Waals surface area contributed by atoms with Crippen LogP contribution < -0.4 is 15.8 Å². The molecule has 0 fully saturated rings. The first kappa shape index (κ1) is 17.6. The van der Waals surface area contributed by atoms with E-state index in [4.69, 9.17) is 5.73 Å². The molecule has 0 aromatic heterocycles. The maximum absolute atomic E-state index is 11.9. The zero-order valence-corrected chi connectivity index (χ0v) is 13.2. The van der Waals surface area contributed by atoms with E-state index in [9.17, 15) is 13.2 Å². The Morgan fingerprint density at radius 3 is 2.29 bits per heavy atom. The first-order valence-electron chi connectivity index (χ1n) is 6.84. The highest BCUT2D eigenvalue weighted by Crippen LogP contribution is 2.07. The number of benzene rings is 1. The molecule has 0 radical (unpaired) electrons. The van der Waals surface area contributed by atoms with Crippen LogP contribution in [0.25, 0.3) is 0 Å². The molecule has 4 N–H and O–H groups in total. The van der Waals surface area contributed by atoms with Crippen LogP contribution in [-0.2, 0) is 27.1 Å². The van der Waals surface area contributed by atoms with Crippen molar-refractivity contribution >= 4 is 15.9 Å². The summed E-state index contributed by atoms with van der Waals surface area (Å²) in [4.78, 5) is 11.5. The number of sulfonamides is 1. The van der Waals surface area contributed by atoms with Crippen LogP contribution >= 0.6 is 0 Å². The number of nitrogens with two attached hydrogens (primary N) is 1. The number of nitrogens with one attached hydrogen (secondary N) is 2. The predicted octanol–water partition coefficient (Wildman–Crippen LogP) is 0.337. The lowest BCUT2D eigenvalue weighted by Crippen LogP contribution is -2.38. The molecular formula is C14H23N3O3S. The average molecular weight is 313 g/mol. The van der Waals surface area contributed by atoms with Crippen molar-refractivity contribution in [2.45, 2.75) is 26.1 Å². The maximum Gasteiger partial charge on any atom is 0.235 e. The minimum absolute atomic E-state index is 0.157. The molecular weight excluding hydrogens is 290 g/mol. The minimum Gasteiger partial charge on any atom is -0.355 e. The smallest absolute Gasteiger partial charge is 0.235 e. The third kappa shape index (κ3) is 7.22. The van der Waals surface area contributed by atoms with Gasteiger partial charge in [-0.15, -0.1) is 0 Å². The van der Waals surface area contributed by atoms with E-state index >= 15 is 0 Å². The predicted molar refractivity (Wildman–Crippen MR) is 82.8 cm³/mol. The van der Waals surface area contributed by atoms with Crippen LogP contribution in [0, 0.1) is 5.92 Å². The van der Waals surface area contributed by atoms with Crippen LogP contribution in [0.2, 0.25) is 0 Å². The normalized spacial score (nSPS) is 11.6. The van der Waals surface area contributed by atoms with Gasteiger partial charge in [-0.1, -0.05) is 38.1 Å². The van der Waals surface area contributed by atoms with Gasteiger partial charge >= 0.3 is 0 Å². The molecule has 6 nitrogen and oxygen atoms in total. The molecule has 0 saturated carbocycles. The Bertz CT molecular complexity index is 553. The highest BCUT2D eigenvalue weighted by atomic mass is 32.2. The summed E-state index contributed by atoms with van der Waals surface area (Å²) in [5, 5.41) is 2.65. The van der Waals surface area contributed by atoms with Crippen molar-refractivity contribution < 1.29 is 13.2 Å². The van der Waals surface area contributed by atoms with Gasteiger partial charge in [-0.2, -0.15) is 0 Å². The molecule has 118 valence electrons. The molecule has 1 aromatic carbocycles. The standard InChI is InChI=1S/C14H23N3O3S/c1-11(2)8-16-14(18)9-17-21(19,20)10-13-5-3-12(7-15)4-6-13/h3-6,11,17H,7-10,15H2,1-2H3,(H,16,18). The Kier molecular flexibility index (Phi) is 6.80. The number of rotatable bonds is 8. The third-order valence-corrected chi connectivity index (χ3v) is 4.07. The molecule has 0 spiro atoms. The lowest BCUT2D eigenvalue weighted by atomic mass is 10.1. The zero-order valence-electron chi connectivity index (χ0n) is 12.4. The van der Waals surface area contributed by atoms with Crippen LogP contribution in [-0.4, -0.2) is 27.4 Å². The molecule has 0 aliphatic carbocycles. The summed E-state index contributed by atoms with van der Waals surface area (Å²) < 4.78 is 26.1. The minimum atomic E-state index is -3.53. The summed E-state index contributed by atoms with van der Waals surface area (Å²) >= 11 is 0. The van der Waals surface area contributed by atoms with Crippen LogP contribution in [0.1, 0.15) is 25.0 Å². The number of carbonyl (C=O) groups excluding carboxylic acids is 1. The van der Waals surface area contributed by atoms with E-state index in [1.165, 1.54) is 0 Å². The second kappa shape index (κ2) is 8.11. The largest absolute Gasteiger partial charge is 0.355 e. The molecule has 0 atom stereocenters. The fraction of sp³-hybridized carbons (Fsp3) is 0.500. The molecule has 21 heavy (non-hydrogen) atoms.